The highest BCUT2D eigenvalue weighted by Gasteiger charge is 2.46. The van der Waals surface area contributed by atoms with Crippen molar-refractivity contribution in [1.29, 1.82) is 0 Å². The van der Waals surface area contributed by atoms with E-state index in [4.69, 9.17) is 11.6 Å². The molecule has 2 aliphatic heterocycles. The molecule has 90 valence electrons. The summed E-state index contributed by atoms with van der Waals surface area (Å²) in [6, 6.07) is 5.40. The molecular weight excluding hydrogens is 236 g/mol. The Kier molecular flexibility index (Phi) is 2.17. The highest BCUT2D eigenvalue weighted by atomic mass is 35.5. The summed E-state index contributed by atoms with van der Waals surface area (Å²) >= 11 is 5.97. The van der Waals surface area contributed by atoms with E-state index in [2.05, 4.69) is 19.2 Å². The number of anilines is 1. The van der Waals surface area contributed by atoms with Gasteiger partial charge in [-0.1, -0.05) is 25.4 Å². The van der Waals surface area contributed by atoms with Crippen LogP contribution in [0.1, 0.15) is 30.6 Å². The van der Waals surface area contributed by atoms with E-state index < -0.39 is 0 Å². The average molecular weight is 251 g/mol. The molecule has 1 fully saturated rings. The molecule has 2 heterocycles. The van der Waals surface area contributed by atoms with Gasteiger partial charge in [0.1, 0.15) is 6.17 Å². The summed E-state index contributed by atoms with van der Waals surface area (Å²) < 4.78 is 0. The first-order valence-electron chi connectivity index (χ1n) is 5.86. The van der Waals surface area contributed by atoms with Gasteiger partial charge in [-0.2, -0.15) is 0 Å². The molecule has 1 N–H and O–H groups in total. The largest absolute Gasteiger partial charge is 0.364 e. The summed E-state index contributed by atoms with van der Waals surface area (Å²) in [6.07, 6.45) is 1.11. The number of benzene rings is 1. The van der Waals surface area contributed by atoms with Gasteiger partial charge in [0.05, 0.1) is 11.3 Å². The monoisotopic (exact) mass is 250 g/mol. The molecule has 1 amide bonds. The van der Waals surface area contributed by atoms with Crippen LogP contribution in [0.5, 0.6) is 0 Å². The summed E-state index contributed by atoms with van der Waals surface area (Å²) in [7, 11) is 0. The molecule has 1 saturated heterocycles. The first-order valence-corrected chi connectivity index (χ1v) is 6.24. The van der Waals surface area contributed by atoms with Crippen molar-refractivity contribution in [3.8, 4) is 0 Å². The first kappa shape index (κ1) is 10.9. The molecule has 2 aliphatic rings. The lowest BCUT2D eigenvalue weighted by molar-refractivity contribution is 0.0699. The van der Waals surface area contributed by atoms with Crippen molar-refractivity contribution in [3.05, 3.63) is 28.8 Å². The number of hydrogen-bond donors (Lipinski definition) is 1. The maximum absolute atomic E-state index is 12.3. The third kappa shape index (κ3) is 1.53. The topological polar surface area (TPSA) is 32.3 Å². The number of hydrogen-bond acceptors (Lipinski definition) is 2. The van der Waals surface area contributed by atoms with Gasteiger partial charge in [-0.15, -0.1) is 0 Å². The Morgan fingerprint density at radius 3 is 3.00 bits per heavy atom. The van der Waals surface area contributed by atoms with Crippen LogP contribution in [0.25, 0.3) is 0 Å². The van der Waals surface area contributed by atoms with Crippen LogP contribution in [0, 0.1) is 5.41 Å². The molecule has 0 bridgehead atoms. The fourth-order valence-electron chi connectivity index (χ4n) is 2.71. The van der Waals surface area contributed by atoms with E-state index in [-0.39, 0.29) is 17.5 Å². The highest BCUT2D eigenvalue weighted by Crippen LogP contribution is 2.41. The van der Waals surface area contributed by atoms with Crippen LogP contribution in [-0.4, -0.2) is 23.5 Å². The fourth-order valence-corrected chi connectivity index (χ4v) is 2.88. The van der Waals surface area contributed by atoms with Crippen LogP contribution in [-0.2, 0) is 0 Å². The van der Waals surface area contributed by atoms with Gasteiger partial charge in [0, 0.05) is 17.0 Å². The smallest absolute Gasteiger partial charge is 0.257 e. The van der Waals surface area contributed by atoms with E-state index in [0.717, 1.165) is 24.2 Å². The number of halogens is 1. The van der Waals surface area contributed by atoms with E-state index >= 15 is 0 Å². The molecule has 17 heavy (non-hydrogen) atoms. The Morgan fingerprint density at radius 1 is 1.47 bits per heavy atom. The van der Waals surface area contributed by atoms with Crippen LogP contribution in [0.2, 0.25) is 5.02 Å². The van der Waals surface area contributed by atoms with E-state index in [1.165, 1.54) is 0 Å². The maximum Gasteiger partial charge on any atom is 0.257 e. The normalized spacial score (nSPS) is 25.2. The standard InChI is InChI=1S/C13H15ClN2O/c1-13(2)5-6-16-11(17)9-4-3-8(14)7-10(9)15-12(13)16/h3-4,7,12,15H,5-6H2,1-2H3. The third-order valence-corrected chi connectivity index (χ3v) is 4.05. The van der Waals surface area contributed by atoms with E-state index in [9.17, 15) is 4.79 Å². The van der Waals surface area contributed by atoms with E-state index in [1.54, 1.807) is 12.1 Å². The van der Waals surface area contributed by atoms with Crippen LogP contribution in [0.4, 0.5) is 5.69 Å². The molecule has 0 spiro atoms. The van der Waals surface area contributed by atoms with Crippen LogP contribution in [0.15, 0.2) is 18.2 Å². The highest BCUT2D eigenvalue weighted by molar-refractivity contribution is 6.31. The van der Waals surface area contributed by atoms with Gasteiger partial charge in [0.25, 0.3) is 5.91 Å². The molecule has 0 saturated carbocycles. The third-order valence-electron chi connectivity index (χ3n) is 3.81. The Morgan fingerprint density at radius 2 is 2.24 bits per heavy atom. The van der Waals surface area contributed by atoms with Crippen molar-refractivity contribution >= 4 is 23.2 Å². The lowest BCUT2D eigenvalue weighted by Crippen LogP contribution is -2.49. The SMILES string of the molecule is CC1(C)CCN2C(=O)c3ccc(Cl)cc3NC21. The van der Waals surface area contributed by atoms with Crippen LogP contribution in [0.3, 0.4) is 0 Å². The number of rotatable bonds is 0. The maximum atomic E-state index is 12.3. The minimum Gasteiger partial charge on any atom is -0.364 e. The zero-order chi connectivity index (χ0) is 12.2. The number of amides is 1. The number of nitrogens with one attached hydrogen (secondary N) is 1. The minimum absolute atomic E-state index is 0.0842. The molecule has 0 aliphatic carbocycles. The van der Waals surface area contributed by atoms with Crippen molar-refractivity contribution in [3.63, 3.8) is 0 Å². The van der Waals surface area contributed by atoms with Crippen molar-refractivity contribution in [2.75, 3.05) is 11.9 Å². The zero-order valence-corrected chi connectivity index (χ0v) is 10.7. The summed E-state index contributed by atoms with van der Waals surface area (Å²) in [5.41, 5.74) is 1.69. The molecular formula is C13H15ClN2O. The van der Waals surface area contributed by atoms with Crippen LogP contribution >= 0.6 is 11.6 Å². The summed E-state index contributed by atoms with van der Waals surface area (Å²) in [6.45, 7) is 5.20. The summed E-state index contributed by atoms with van der Waals surface area (Å²) in [5.74, 6) is 0.117. The van der Waals surface area contributed by atoms with Crippen molar-refractivity contribution in [1.82, 2.24) is 4.90 Å². The van der Waals surface area contributed by atoms with Crippen molar-refractivity contribution in [2.24, 2.45) is 5.41 Å². The molecule has 1 aromatic carbocycles. The molecule has 3 rings (SSSR count). The first-order chi connectivity index (χ1) is 7.99. The van der Waals surface area contributed by atoms with Gasteiger partial charge >= 0.3 is 0 Å². The van der Waals surface area contributed by atoms with E-state index in [1.807, 2.05) is 11.0 Å². The number of nitrogens with zero attached hydrogens (tertiary/aromatic N) is 1. The second kappa shape index (κ2) is 3.39. The minimum atomic E-state index is 0.0842. The number of carbonyl (C=O) groups is 1. The lowest BCUT2D eigenvalue weighted by atomic mass is 9.88. The quantitative estimate of drug-likeness (QED) is 0.768. The van der Waals surface area contributed by atoms with Crippen LogP contribution < -0.4 is 5.32 Å². The predicted octanol–water partition coefficient (Wildman–Crippen LogP) is 2.96. The molecule has 1 atom stereocenters. The molecule has 0 aromatic heterocycles. The van der Waals surface area contributed by atoms with Gasteiger partial charge in [0.15, 0.2) is 0 Å². The van der Waals surface area contributed by atoms with Crippen molar-refractivity contribution < 1.29 is 4.79 Å². The summed E-state index contributed by atoms with van der Waals surface area (Å²) in [5, 5.41) is 4.10. The number of carbonyl (C=O) groups excluding carboxylic acids is 1. The molecule has 1 aromatic rings. The molecule has 1 unspecified atom stereocenters. The Balaban J connectivity index is 2.08. The van der Waals surface area contributed by atoms with Crippen molar-refractivity contribution in [2.45, 2.75) is 26.4 Å². The van der Waals surface area contributed by atoms with E-state index in [0.29, 0.717) is 5.02 Å². The average Bonchev–Trinajstić information content (AvgIpc) is 2.55. The van der Waals surface area contributed by atoms with Gasteiger partial charge in [-0.3, -0.25) is 4.79 Å². The lowest BCUT2D eigenvalue weighted by Gasteiger charge is -2.38. The Labute approximate surface area is 106 Å². The second-order valence-corrected chi connectivity index (χ2v) is 5.91. The molecule has 0 radical (unpaired) electrons. The predicted molar refractivity (Wildman–Crippen MR) is 68.3 cm³/mol. The molecule has 4 heteroatoms. The van der Waals surface area contributed by atoms with Gasteiger partial charge in [-0.25, -0.2) is 0 Å². The number of fused-ring (bicyclic) bond motifs is 2. The zero-order valence-electron chi connectivity index (χ0n) is 9.96. The Bertz CT molecular complexity index is 498. The van der Waals surface area contributed by atoms with Gasteiger partial charge < -0.3 is 10.2 Å². The van der Waals surface area contributed by atoms with Gasteiger partial charge in [0.2, 0.25) is 0 Å². The second-order valence-electron chi connectivity index (χ2n) is 5.47. The van der Waals surface area contributed by atoms with Gasteiger partial charge in [-0.05, 0) is 24.6 Å². The molecule has 3 nitrogen and oxygen atoms in total. The Hall–Kier alpha value is -1.22. The fraction of sp³-hybridized carbons (Fsp3) is 0.462. The summed E-state index contributed by atoms with van der Waals surface area (Å²) in [4.78, 5) is 14.3.